The number of aromatic nitrogens is 1. The van der Waals surface area contributed by atoms with Crippen molar-refractivity contribution in [1.29, 1.82) is 0 Å². The van der Waals surface area contributed by atoms with Crippen molar-refractivity contribution in [1.82, 2.24) is 4.98 Å². The lowest BCUT2D eigenvalue weighted by Crippen LogP contribution is -2.23. The van der Waals surface area contributed by atoms with Crippen molar-refractivity contribution in [3.8, 4) is 0 Å². The average molecular weight is 274 g/mol. The Bertz CT molecular complexity index is 298. The largest absolute Gasteiger partial charge is 0.396 e. The number of aliphatic hydroxyl groups is 1. The van der Waals surface area contributed by atoms with E-state index in [-0.39, 0.29) is 12.0 Å². The maximum absolute atomic E-state index is 9.03. The predicted molar refractivity (Wildman–Crippen MR) is 62.5 cm³/mol. The van der Waals surface area contributed by atoms with Crippen LogP contribution in [0.3, 0.4) is 0 Å². The molecule has 1 rings (SSSR count). The second kappa shape index (κ2) is 5.58. The van der Waals surface area contributed by atoms with Gasteiger partial charge < -0.3 is 9.84 Å². The Hall–Kier alpha value is -0.450. The van der Waals surface area contributed by atoms with Crippen LogP contribution < -0.4 is 0 Å². The summed E-state index contributed by atoms with van der Waals surface area (Å²) in [6.07, 6.45) is 1.75. The van der Waals surface area contributed by atoms with Crippen LogP contribution in [0, 0.1) is 5.41 Å². The van der Waals surface area contributed by atoms with Gasteiger partial charge in [-0.25, -0.2) is 0 Å². The minimum absolute atomic E-state index is 0.126. The van der Waals surface area contributed by atoms with Gasteiger partial charge in [-0.2, -0.15) is 0 Å². The zero-order valence-electron chi connectivity index (χ0n) is 9.03. The van der Waals surface area contributed by atoms with Gasteiger partial charge in [0.25, 0.3) is 0 Å². The van der Waals surface area contributed by atoms with Gasteiger partial charge >= 0.3 is 0 Å². The summed E-state index contributed by atoms with van der Waals surface area (Å²) in [5, 5.41) is 9.03. The van der Waals surface area contributed by atoms with Crippen LogP contribution in [-0.4, -0.2) is 23.3 Å². The summed E-state index contributed by atoms with van der Waals surface area (Å²) in [6, 6.07) is 3.85. The third kappa shape index (κ3) is 4.73. The van der Waals surface area contributed by atoms with Crippen molar-refractivity contribution in [2.45, 2.75) is 20.5 Å². The quantitative estimate of drug-likeness (QED) is 0.896. The highest BCUT2D eigenvalue weighted by Gasteiger charge is 2.16. The van der Waals surface area contributed by atoms with E-state index in [1.807, 2.05) is 26.0 Å². The molecule has 1 N–H and O–H groups in total. The highest BCUT2D eigenvalue weighted by Crippen LogP contribution is 2.15. The van der Waals surface area contributed by atoms with E-state index in [1.165, 1.54) is 0 Å². The molecule has 0 aliphatic heterocycles. The minimum Gasteiger partial charge on any atom is -0.396 e. The van der Waals surface area contributed by atoms with Crippen molar-refractivity contribution in [3.05, 3.63) is 28.5 Å². The number of pyridine rings is 1. The van der Waals surface area contributed by atoms with Crippen LogP contribution in [0.1, 0.15) is 19.5 Å². The monoisotopic (exact) mass is 273 g/mol. The summed E-state index contributed by atoms with van der Waals surface area (Å²) < 4.78 is 6.44. The van der Waals surface area contributed by atoms with E-state index < -0.39 is 0 Å². The fourth-order valence-corrected chi connectivity index (χ4v) is 1.20. The maximum Gasteiger partial charge on any atom is 0.0888 e. The molecular formula is C11H16BrNO2. The lowest BCUT2D eigenvalue weighted by atomic mass is 9.97. The molecule has 1 aromatic rings. The van der Waals surface area contributed by atoms with E-state index in [9.17, 15) is 0 Å². The van der Waals surface area contributed by atoms with E-state index in [2.05, 4.69) is 20.9 Å². The van der Waals surface area contributed by atoms with Crippen LogP contribution >= 0.6 is 15.9 Å². The van der Waals surface area contributed by atoms with Crippen LogP contribution in [0.4, 0.5) is 0 Å². The number of nitrogens with zero attached hydrogens (tertiary/aromatic N) is 1. The first-order chi connectivity index (χ1) is 7.03. The first kappa shape index (κ1) is 12.6. The van der Waals surface area contributed by atoms with Gasteiger partial charge in [0.05, 0.1) is 25.5 Å². The van der Waals surface area contributed by atoms with Crippen LogP contribution in [0.2, 0.25) is 0 Å². The number of aliphatic hydroxyl groups excluding tert-OH is 1. The Kier molecular flexibility index (Phi) is 4.70. The fourth-order valence-electron chi connectivity index (χ4n) is 0.969. The van der Waals surface area contributed by atoms with Gasteiger partial charge in [0.1, 0.15) is 0 Å². The van der Waals surface area contributed by atoms with E-state index in [0.717, 1.165) is 10.2 Å². The zero-order chi connectivity index (χ0) is 11.3. The molecule has 3 nitrogen and oxygen atoms in total. The molecule has 0 spiro atoms. The van der Waals surface area contributed by atoms with Gasteiger partial charge in [-0.1, -0.05) is 13.8 Å². The van der Waals surface area contributed by atoms with E-state index in [1.54, 1.807) is 6.20 Å². The molecule has 15 heavy (non-hydrogen) atoms. The minimum atomic E-state index is -0.185. The lowest BCUT2D eigenvalue weighted by molar-refractivity contribution is 0.0186. The SMILES string of the molecule is CC(C)(CO)COCc1ccc(Br)cn1. The fraction of sp³-hybridized carbons (Fsp3) is 0.545. The van der Waals surface area contributed by atoms with Crippen LogP contribution in [-0.2, 0) is 11.3 Å². The molecule has 0 aliphatic carbocycles. The molecule has 0 amide bonds. The molecule has 1 aromatic heterocycles. The second-order valence-corrected chi connectivity index (χ2v) is 5.20. The third-order valence-electron chi connectivity index (χ3n) is 1.96. The Morgan fingerprint density at radius 3 is 2.73 bits per heavy atom. The highest BCUT2D eigenvalue weighted by molar-refractivity contribution is 9.10. The van der Waals surface area contributed by atoms with Crippen LogP contribution in [0.5, 0.6) is 0 Å². The van der Waals surface area contributed by atoms with Crippen molar-refractivity contribution in [2.75, 3.05) is 13.2 Å². The van der Waals surface area contributed by atoms with Gasteiger partial charge in [-0.3, -0.25) is 4.98 Å². The molecule has 0 fully saturated rings. The van der Waals surface area contributed by atoms with E-state index in [0.29, 0.717) is 13.2 Å². The molecule has 0 aromatic carbocycles. The summed E-state index contributed by atoms with van der Waals surface area (Å²) in [5.41, 5.74) is 0.710. The molecule has 0 aliphatic rings. The number of ether oxygens (including phenoxy) is 1. The summed E-state index contributed by atoms with van der Waals surface area (Å²) in [6.45, 7) is 5.06. The number of hydrogen-bond acceptors (Lipinski definition) is 3. The molecule has 0 saturated heterocycles. The van der Waals surface area contributed by atoms with Crippen molar-refractivity contribution < 1.29 is 9.84 Å². The molecule has 0 radical (unpaired) electrons. The molecule has 1 heterocycles. The van der Waals surface area contributed by atoms with Crippen molar-refractivity contribution >= 4 is 15.9 Å². The molecule has 4 heteroatoms. The standard InChI is InChI=1S/C11H16BrNO2/c1-11(2,7-14)8-15-6-10-4-3-9(12)5-13-10/h3-5,14H,6-8H2,1-2H3. The number of halogens is 1. The molecule has 84 valence electrons. The Morgan fingerprint density at radius 1 is 1.47 bits per heavy atom. The predicted octanol–water partition coefficient (Wildman–Crippen LogP) is 2.38. The maximum atomic E-state index is 9.03. The normalized spacial score (nSPS) is 11.7. The van der Waals surface area contributed by atoms with Crippen molar-refractivity contribution in [2.24, 2.45) is 5.41 Å². The van der Waals surface area contributed by atoms with Crippen LogP contribution in [0.15, 0.2) is 22.8 Å². The molecule has 0 bridgehead atoms. The molecule has 0 atom stereocenters. The first-order valence-electron chi connectivity index (χ1n) is 4.82. The third-order valence-corrected chi connectivity index (χ3v) is 2.43. The smallest absolute Gasteiger partial charge is 0.0888 e. The van der Waals surface area contributed by atoms with E-state index in [4.69, 9.17) is 9.84 Å². The lowest BCUT2D eigenvalue weighted by Gasteiger charge is -2.20. The van der Waals surface area contributed by atoms with Gasteiger partial charge in [0, 0.05) is 16.1 Å². The average Bonchev–Trinajstić information content (AvgIpc) is 2.21. The summed E-state index contributed by atoms with van der Waals surface area (Å²) in [4.78, 5) is 4.19. The Balaban J connectivity index is 2.35. The molecule has 0 saturated carbocycles. The van der Waals surface area contributed by atoms with Gasteiger partial charge in [0.2, 0.25) is 0 Å². The zero-order valence-corrected chi connectivity index (χ0v) is 10.6. The molecule has 0 unspecified atom stereocenters. The van der Waals surface area contributed by atoms with Crippen LogP contribution in [0.25, 0.3) is 0 Å². The second-order valence-electron chi connectivity index (χ2n) is 4.28. The Labute approximate surface area is 98.6 Å². The van der Waals surface area contributed by atoms with Crippen molar-refractivity contribution in [3.63, 3.8) is 0 Å². The first-order valence-corrected chi connectivity index (χ1v) is 5.62. The van der Waals surface area contributed by atoms with Gasteiger partial charge in [-0.15, -0.1) is 0 Å². The summed E-state index contributed by atoms with van der Waals surface area (Å²) >= 11 is 3.32. The van der Waals surface area contributed by atoms with Gasteiger partial charge in [0.15, 0.2) is 0 Å². The Morgan fingerprint density at radius 2 is 2.20 bits per heavy atom. The number of hydrogen-bond donors (Lipinski definition) is 1. The summed E-state index contributed by atoms with van der Waals surface area (Å²) in [7, 11) is 0. The molecular weight excluding hydrogens is 258 g/mol. The highest BCUT2D eigenvalue weighted by atomic mass is 79.9. The summed E-state index contributed by atoms with van der Waals surface area (Å²) in [5.74, 6) is 0. The number of rotatable bonds is 5. The van der Waals surface area contributed by atoms with E-state index >= 15 is 0 Å². The topological polar surface area (TPSA) is 42.4 Å². The van der Waals surface area contributed by atoms with Gasteiger partial charge in [-0.05, 0) is 28.1 Å².